The third-order valence-corrected chi connectivity index (χ3v) is 3.28. The summed E-state index contributed by atoms with van der Waals surface area (Å²) >= 11 is 2.19. The van der Waals surface area contributed by atoms with Gasteiger partial charge in [-0.05, 0) is 54.4 Å². The van der Waals surface area contributed by atoms with Gasteiger partial charge in [0.2, 0.25) is 0 Å². The smallest absolute Gasteiger partial charge is 0.345 e. The molecule has 0 spiro atoms. The molecule has 5 heteroatoms. The van der Waals surface area contributed by atoms with Crippen molar-refractivity contribution in [3.05, 3.63) is 38.1 Å². The monoisotopic (exact) mass is 348 g/mol. The predicted octanol–water partition coefficient (Wildman–Crippen LogP) is 2.07. The van der Waals surface area contributed by atoms with Gasteiger partial charge in [-0.2, -0.15) is 0 Å². The lowest BCUT2D eigenvalue weighted by Crippen LogP contribution is -2.39. The first kappa shape index (κ1) is 14.6. The van der Waals surface area contributed by atoms with E-state index < -0.39 is 10.6 Å². The maximum Gasteiger partial charge on any atom is 0.345 e. The quantitative estimate of drug-likeness (QED) is 0.477. The zero-order valence-corrected chi connectivity index (χ0v) is 12.7. The molecule has 0 aromatic heterocycles. The van der Waals surface area contributed by atoms with Crippen molar-refractivity contribution in [1.29, 1.82) is 0 Å². The van der Waals surface area contributed by atoms with Crippen LogP contribution in [-0.2, 0) is 6.54 Å². The summed E-state index contributed by atoms with van der Waals surface area (Å²) in [4.78, 5) is 13.9. The first-order valence-electron chi connectivity index (χ1n) is 5.25. The molecule has 0 fully saturated rings. The average Bonchev–Trinajstić information content (AvgIpc) is 2.18. The predicted molar refractivity (Wildman–Crippen MR) is 76.4 cm³/mol. The molecular weight excluding hydrogens is 331 g/mol. The van der Waals surface area contributed by atoms with Crippen LogP contribution >= 0.6 is 22.6 Å². The molecule has 4 nitrogen and oxygen atoms in total. The van der Waals surface area contributed by atoms with Crippen molar-refractivity contribution < 1.29 is 9.44 Å². The minimum Gasteiger partial charge on any atom is -0.625 e. The summed E-state index contributed by atoms with van der Waals surface area (Å²) in [5.41, 5.74) is 1.63. The molecule has 1 aromatic carbocycles. The molecule has 0 aliphatic heterocycles. The molecule has 0 atom stereocenters. The number of carbonyl (C=O) groups is 1. The Balaban J connectivity index is 3.01. The molecular formula is C12H17IN2O2. The molecule has 0 bridgehead atoms. The largest absolute Gasteiger partial charge is 0.625 e. The number of quaternary nitrogens is 1. The first-order valence-corrected chi connectivity index (χ1v) is 6.32. The topological polar surface area (TPSA) is 43.4 Å². The van der Waals surface area contributed by atoms with Crippen LogP contribution in [0.1, 0.15) is 15.9 Å². The Labute approximate surface area is 116 Å². The van der Waals surface area contributed by atoms with Crippen molar-refractivity contribution in [2.24, 2.45) is 0 Å². The lowest BCUT2D eigenvalue weighted by molar-refractivity contribution is -0.752. The summed E-state index contributed by atoms with van der Waals surface area (Å²) in [7, 11) is 6.66. The minimum absolute atomic E-state index is 0.417. The third-order valence-electron chi connectivity index (χ3n) is 2.28. The number of amides is 1. The highest BCUT2D eigenvalue weighted by atomic mass is 127. The summed E-state index contributed by atoms with van der Waals surface area (Å²) in [6.45, 7) is 0.822. The fourth-order valence-electron chi connectivity index (χ4n) is 1.46. The van der Waals surface area contributed by atoms with E-state index in [2.05, 4.69) is 27.5 Å². The van der Waals surface area contributed by atoms with Gasteiger partial charge in [0.15, 0.2) is 0 Å². The summed E-state index contributed by atoms with van der Waals surface area (Å²) < 4.78 is 0.0823. The van der Waals surface area contributed by atoms with Crippen molar-refractivity contribution in [2.45, 2.75) is 6.54 Å². The maximum absolute atomic E-state index is 11.8. The van der Waals surface area contributed by atoms with Crippen molar-refractivity contribution in [3.63, 3.8) is 0 Å². The van der Waals surface area contributed by atoms with Gasteiger partial charge in [0.1, 0.15) is 0 Å². The molecule has 0 heterocycles. The van der Waals surface area contributed by atoms with Crippen molar-refractivity contribution in [2.75, 3.05) is 28.2 Å². The van der Waals surface area contributed by atoms with Gasteiger partial charge in [0.25, 0.3) is 0 Å². The van der Waals surface area contributed by atoms with E-state index in [0.717, 1.165) is 15.7 Å². The van der Waals surface area contributed by atoms with E-state index in [1.54, 1.807) is 12.1 Å². The fourth-order valence-corrected chi connectivity index (χ4v) is 2.15. The third kappa shape index (κ3) is 4.02. The van der Waals surface area contributed by atoms with Crippen LogP contribution in [0.4, 0.5) is 0 Å². The Morgan fingerprint density at radius 2 is 2.00 bits per heavy atom. The SMILES string of the molecule is CN(C)Cc1ccc(C(=O)[N+](C)(C)[O-])cc1I. The summed E-state index contributed by atoms with van der Waals surface area (Å²) in [5.74, 6) is -0.417. The Hall–Kier alpha value is -0.500. The van der Waals surface area contributed by atoms with E-state index in [-0.39, 0.29) is 0 Å². The number of carbonyl (C=O) groups excluding carboxylic acids is 1. The van der Waals surface area contributed by atoms with E-state index >= 15 is 0 Å². The molecule has 0 N–H and O–H groups in total. The number of halogens is 1. The molecule has 0 aliphatic rings. The average molecular weight is 348 g/mol. The van der Waals surface area contributed by atoms with Gasteiger partial charge in [0, 0.05) is 10.1 Å². The highest BCUT2D eigenvalue weighted by Gasteiger charge is 2.19. The van der Waals surface area contributed by atoms with Crippen LogP contribution in [0.3, 0.4) is 0 Å². The number of hydroxylamine groups is 3. The molecule has 0 radical (unpaired) electrons. The highest BCUT2D eigenvalue weighted by molar-refractivity contribution is 14.1. The van der Waals surface area contributed by atoms with Gasteiger partial charge in [-0.1, -0.05) is 6.07 Å². The Kier molecular flexibility index (Phi) is 4.65. The minimum atomic E-state index is -0.927. The molecule has 0 saturated carbocycles. The molecule has 0 unspecified atom stereocenters. The van der Waals surface area contributed by atoms with Crippen molar-refractivity contribution in [3.8, 4) is 0 Å². The highest BCUT2D eigenvalue weighted by Crippen LogP contribution is 2.18. The number of hydrogen-bond donors (Lipinski definition) is 0. The molecule has 1 amide bonds. The second-order valence-electron chi connectivity index (χ2n) is 4.70. The van der Waals surface area contributed by atoms with Gasteiger partial charge >= 0.3 is 5.91 Å². The van der Waals surface area contributed by atoms with Crippen LogP contribution in [0.15, 0.2) is 18.2 Å². The molecule has 0 aliphatic carbocycles. The summed E-state index contributed by atoms with van der Waals surface area (Å²) in [6, 6.07) is 5.41. The lowest BCUT2D eigenvalue weighted by atomic mass is 10.1. The first-order chi connectivity index (χ1) is 7.71. The molecule has 1 aromatic rings. The lowest BCUT2D eigenvalue weighted by Gasteiger charge is -2.30. The van der Waals surface area contributed by atoms with E-state index in [1.165, 1.54) is 14.1 Å². The maximum atomic E-state index is 11.8. The van der Waals surface area contributed by atoms with Gasteiger partial charge in [0.05, 0.1) is 19.7 Å². The second-order valence-corrected chi connectivity index (χ2v) is 5.86. The van der Waals surface area contributed by atoms with Crippen LogP contribution in [0, 0.1) is 8.78 Å². The molecule has 1 rings (SSSR count). The molecule has 0 saturated heterocycles. The zero-order chi connectivity index (χ0) is 13.2. The van der Waals surface area contributed by atoms with E-state index in [4.69, 9.17) is 0 Å². The van der Waals surface area contributed by atoms with Crippen LogP contribution in [0.25, 0.3) is 0 Å². The fraction of sp³-hybridized carbons (Fsp3) is 0.417. The summed E-state index contributed by atoms with van der Waals surface area (Å²) in [5, 5.41) is 11.6. The normalized spacial score (nSPS) is 11.9. The molecule has 94 valence electrons. The van der Waals surface area contributed by atoms with E-state index in [1.807, 2.05) is 20.2 Å². The summed E-state index contributed by atoms with van der Waals surface area (Å²) in [6.07, 6.45) is 0. The molecule has 17 heavy (non-hydrogen) atoms. The van der Waals surface area contributed by atoms with Gasteiger partial charge < -0.3 is 10.1 Å². The van der Waals surface area contributed by atoms with Gasteiger partial charge in [-0.15, -0.1) is 0 Å². The van der Waals surface area contributed by atoms with Crippen LogP contribution in [0.2, 0.25) is 0 Å². The van der Waals surface area contributed by atoms with Crippen LogP contribution in [-0.4, -0.2) is 43.6 Å². The van der Waals surface area contributed by atoms with Gasteiger partial charge in [-0.25, -0.2) is 4.79 Å². The number of nitrogens with zero attached hydrogens (tertiary/aromatic N) is 2. The standard InChI is InChI=1S/C12H17IN2O2/c1-14(2)8-10-6-5-9(7-11(10)13)12(16)15(3,4)17/h5-7H,8H2,1-4H3. The van der Waals surface area contributed by atoms with Crippen molar-refractivity contribution >= 4 is 28.5 Å². The number of rotatable bonds is 3. The Morgan fingerprint density at radius 3 is 2.41 bits per heavy atom. The van der Waals surface area contributed by atoms with Crippen molar-refractivity contribution in [1.82, 2.24) is 4.90 Å². The van der Waals surface area contributed by atoms with E-state index in [0.29, 0.717) is 5.56 Å². The Bertz CT molecular complexity index is 425. The zero-order valence-electron chi connectivity index (χ0n) is 10.5. The van der Waals surface area contributed by atoms with E-state index in [9.17, 15) is 10.0 Å². The van der Waals surface area contributed by atoms with Gasteiger partial charge in [-0.3, -0.25) is 4.65 Å². The Morgan fingerprint density at radius 1 is 1.41 bits per heavy atom. The van der Waals surface area contributed by atoms with Crippen LogP contribution < -0.4 is 0 Å². The van der Waals surface area contributed by atoms with Crippen LogP contribution in [0.5, 0.6) is 0 Å². The number of benzene rings is 1. The second kappa shape index (κ2) is 5.43. The number of hydrogen-bond acceptors (Lipinski definition) is 3.